The number of nitrogens with zero attached hydrogens (tertiary/aromatic N) is 5. The van der Waals surface area contributed by atoms with E-state index in [1.54, 1.807) is 29.2 Å². The van der Waals surface area contributed by atoms with Crippen LogP contribution in [0.3, 0.4) is 0 Å². The van der Waals surface area contributed by atoms with Crippen LogP contribution in [0.5, 0.6) is 0 Å². The number of fused-ring (bicyclic) bond motifs is 2. The van der Waals surface area contributed by atoms with Crippen molar-refractivity contribution in [2.75, 3.05) is 37.5 Å². The number of aromatic amines is 1. The fourth-order valence-electron chi connectivity index (χ4n) is 8.17. The second kappa shape index (κ2) is 15.2. The van der Waals surface area contributed by atoms with Gasteiger partial charge in [-0.3, -0.25) is 49.0 Å². The van der Waals surface area contributed by atoms with Crippen molar-refractivity contribution in [1.29, 1.82) is 0 Å². The minimum atomic E-state index is -0.991. The number of carbonyl (C=O) groups excluding carboxylic acids is 6. The summed E-state index contributed by atoms with van der Waals surface area (Å²) in [6.45, 7) is 2.87. The van der Waals surface area contributed by atoms with Crippen molar-refractivity contribution in [3.8, 4) is 0 Å². The lowest BCUT2D eigenvalue weighted by atomic mass is 10.0. The van der Waals surface area contributed by atoms with E-state index in [1.807, 2.05) is 48.5 Å². The van der Waals surface area contributed by atoms with Gasteiger partial charge in [-0.15, -0.1) is 0 Å². The summed E-state index contributed by atoms with van der Waals surface area (Å²) >= 11 is 0. The summed E-state index contributed by atoms with van der Waals surface area (Å²) in [6, 6.07) is 21.4. The number of benzene rings is 3. The molecule has 4 aliphatic rings. The van der Waals surface area contributed by atoms with Gasteiger partial charge >= 0.3 is 0 Å². The van der Waals surface area contributed by atoms with Gasteiger partial charge in [0.1, 0.15) is 6.04 Å². The van der Waals surface area contributed by atoms with E-state index in [0.717, 1.165) is 58.9 Å². The molecule has 15 heteroatoms. The number of aromatic nitrogens is 2. The molecule has 3 aromatic carbocycles. The maximum absolute atomic E-state index is 13.3. The molecule has 15 nitrogen and oxygen atoms in total. The molecule has 4 aromatic rings. The first-order valence-electron chi connectivity index (χ1n) is 18.7. The van der Waals surface area contributed by atoms with Crippen LogP contribution in [0.1, 0.15) is 85.2 Å². The maximum Gasteiger partial charge on any atom is 0.262 e. The Morgan fingerprint density at radius 2 is 1.66 bits per heavy atom. The first-order valence-corrected chi connectivity index (χ1v) is 18.7. The second-order valence-electron chi connectivity index (χ2n) is 14.7. The van der Waals surface area contributed by atoms with Crippen molar-refractivity contribution in [2.45, 2.75) is 63.5 Å². The predicted octanol–water partition coefficient (Wildman–Crippen LogP) is 3.39. The van der Waals surface area contributed by atoms with Crippen LogP contribution in [0.25, 0.3) is 0 Å². The lowest BCUT2D eigenvalue weighted by Crippen LogP contribution is -2.54. The van der Waals surface area contributed by atoms with Crippen LogP contribution in [0.4, 0.5) is 11.5 Å². The summed E-state index contributed by atoms with van der Waals surface area (Å²) in [7, 11) is 3.57. The topological polar surface area (TPSA) is 177 Å². The zero-order chi connectivity index (χ0) is 39.1. The van der Waals surface area contributed by atoms with E-state index in [1.165, 1.54) is 7.11 Å². The summed E-state index contributed by atoms with van der Waals surface area (Å²) < 4.78 is 5.54. The molecule has 0 aliphatic carbocycles. The fraction of sp³-hybridized carbons (Fsp3) is 0.341. The molecule has 1 aromatic heterocycles. The smallest absolute Gasteiger partial charge is 0.262 e. The summed E-state index contributed by atoms with van der Waals surface area (Å²) in [4.78, 5) is 84.3. The highest BCUT2D eigenvalue weighted by Crippen LogP contribution is 2.32. The minimum Gasteiger partial charge on any atom is -0.371 e. The van der Waals surface area contributed by atoms with Crippen molar-refractivity contribution in [2.24, 2.45) is 0 Å². The Morgan fingerprint density at radius 3 is 2.38 bits per heavy atom. The lowest BCUT2D eigenvalue weighted by molar-refractivity contribution is -0.143. The average molecular weight is 759 g/mol. The molecule has 8 rings (SSSR count). The number of imide groups is 2. The van der Waals surface area contributed by atoms with Gasteiger partial charge in [0.15, 0.2) is 11.9 Å². The highest BCUT2D eigenvalue weighted by molar-refractivity contribution is 6.23. The van der Waals surface area contributed by atoms with Gasteiger partial charge in [0.25, 0.3) is 23.6 Å². The SMILES string of the molecule is CO[C@@H](C(=O)N1Cc2[nH]nc(NC(=O)c3ccc(N4CCC(N(C)Cc5ccc6c(c5)C(=O)N(C5CCC(=O)NC5=O)C6=O)CC4)cc3)c2C1)c1ccccc1. The molecule has 0 spiro atoms. The summed E-state index contributed by atoms with van der Waals surface area (Å²) in [5.41, 5.74) is 5.28. The molecule has 6 amide bonds. The van der Waals surface area contributed by atoms with Gasteiger partial charge in [-0.2, -0.15) is 5.10 Å². The molecule has 1 unspecified atom stereocenters. The lowest BCUT2D eigenvalue weighted by Gasteiger charge is -2.38. The zero-order valence-corrected chi connectivity index (χ0v) is 31.1. The number of nitrogens with one attached hydrogen (secondary N) is 3. The third kappa shape index (κ3) is 6.95. The van der Waals surface area contributed by atoms with E-state index in [4.69, 9.17) is 4.74 Å². The molecule has 2 atom stereocenters. The maximum atomic E-state index is 13.3. The van der Waals surface area contributed by atoms with Crippen LogP contribution in [-0.2, 0) is 38.8 Å². The standard InChI is InChI=1S/C41H42N8O7/c1-46(21-24-8-13-29-30(20-24)40(54)49(39(29)53)33-14-15-34(50)42-38(33)52)27-16-18-47(19-17-27)28-11-9-26(10-12-28)37(51)43-36-31-22-48(23-32(31)44-45-36)41(55)35(56-2)25-6-4-3-5-7-25/h3-13,20,27,33,35H,14-19,21-23H2,1-2H3,(H,42,50,52)(H2,43,44,45,51)/t33?,35-/m1/s1. The monoisotopic (exact) mass is 758 g/mol. The number of rotatable bonds is 10. The van der Waals surface area contributed by atoms with E-state index >= 15 is 0 Å². The first-order chi connectivity index (χ1) is 27.1. The molecule has 0 saturated carbocycles. The molecule has 56 heavy (non-hydrogen) atoms. The molecule has 4 aliphatic heterocycles. The Hall–Kier alpha value is -6.19. The number of anilines is 2. The number of ether oxygens (including phenoxy) is 1. The molecule has 2 fully saturated rings. The van der Waals surface area contributed by atoms with Crippen molar-refractivity contribution in [3.05, 3.63) is 112 Å². The van der Waals surface area contributed by atoms with Gasteiger partial charge in [0, 0.05) is 56.0 Å². The normalized spacial score (nSPS) is 19.0. The van der Waals surface area contributed by atoms with Crippen LogP contribution in [-0.4, -0.2) is 99.7 Å². The third-order valence-electron chi connectivity index (χ3n) is 11.3. The van der Waals surface area contributed by atoms with Gasteiger partial charge in [0.2, 0.25) is 11.8 Å². The number of amides is 6. The van der Waals surface area contributed by atoms with E-state index < -0.39 is 35.8 Å². The van der Waals surface area contributed by atoms with Crippen LogP contribution in [0, 0.1) is 0 Å². The molecule has 288 valence electrons. The molecule has 0 radical (unpaired) electrons. The Morgan fingerprint density at radius 1 is 0.929 bits per heavy atom. The largest absolute Gasteiger partial charge is 0.371 e. The van der Waals surface area contributed by atoms with Gasteiger partial charge < -0.3 is 19.9 Å². The fourth-order valence-corrected chi connectivity index (χ4v) is 8.17. The molecule has 2 saturated heterocycles. The van der Waals surface area contributed by atoms with Crippen molar-refractivity contribution >= 4 is 46.9 Å². The minimum absolute atomic E-state index is 0.0767. The van der Waals surface area contributed by atoms with Crippen LogP contribution >= 0.6 is 0 Å². The van der Waals surface area contributed by atoms with Crippen molar-refractivity contribution < 1.29 is 33.5 Å². The molecular weight excluding hydrogens is 716 g/mol. The highest BCUT2D eigenvalue weighted by atomic mass is 16.5. The highest BCUT2D eigenvalue weighted by Gasteiger charge is 2.44. The summed E-state index contributed by atoms with van der Waals surface area (Å²) in [5, 5.41) is 12.4. The van der Waals surface area contributed by atoms with Gasteiger partial charge in [0.05, 0.1) is 29.9 Å². The quantitative estimate of drug-likeness (QED) is 0.203. The van der Waals surface area contributed by atoms with Crippen molar-refractivity contribution in [1.82, 2.24) is 30.2 Å². The van der Waals surface area contributed by atoms with E-state index in [0.29, 0.717) is 37.1 Å². The van der Waals surface area contributed by atoms with Gasteiger partial charge in [-0.05, 0) is 73.8 Å². The number of H-pyrrole nitrogens is 1. The number of methoxy groups -OCH3 is 1. The predicted molar refractivity (Wildman–Crippen MR) is 203 cm³/mol. The molecule has 5 heterocycles. The van der Waals surface area contributed by atoms with E-state index in [2.05, 4.69) is 37.7 Å². The van der Waals surface area contributed by atoms with Gasteiger partial charge in [-0.1, -0.05) is 36.4 Å². The Balaban J connectivity index is 0.829. The molecule has 3 N–H and O–H groups in total. The summed E-state index contributed by atoms with van der Waals surface area (Å²) in [6.07, 6.45) is 1.29. The first kappa shape index (κ1) is 36.8. The van der Waals surface area contributed by atoms with E-state index in [9.17, 15) is 28.8 Å². The van der Waals surface area contributed by atoms with Gasteiger partial charge in [-0.25, -0.2) is 0 Å². The Bertz CT molecular complexity index is 2210. The Kier molecular flexibility index (Phi) is 9.95. The third-order valence-corrected chi connectivity index (χ3v) is 11.3. The number of hydrogen-bond acceptors (Lipinski definition) is 10. The second-order valence-corrected chi connectivity index (χ2v) is 14.7. The van der Waals surface area contributed by atoms with Crippen LogP contribution in [0.2, 0.25) is 0 Å². The number of hydrogen-bond donors (Lipinski definition) is 3. The zero-order valence-electron chi connectivity index (χ0n) is 31.1. The summed E-state index contributed by atoms with van der Waals surface area (Å²) in [5.74, 6) is -2.11. The number of piperidine rings is 2. The van der Waals surface area contributed by atoms with Crippen LogP contribution in [0.15, 0.2) is 72.8 Å². The van der Waals surface area contributed by atoms with E-state index in [-0.39, 0.29) is 35.8 Å². The molecular formula is C41H42N8O7. The Labute approximate surface area is 322 Å². The number of carbonyl (C=O) groups is 6. The van der Waals surface area contributed by atoms with Crippen molar-refractivity contribution in [3.63, 3.8) is 0 Å². The molecule has 0 bridgehead atoms. The average Bonchev–Trinajstić information content (AvgIpc) is 3.88. The van der Waals surface area contributed by atoms with Crippen LogP contribution < -0.4 is 15.5 Å².